The summed E-state index contributed by atoms with van der Waals surface area (Å²) in [5, 5.41) is 12.1. The number of nitrogens with zero attached hydrogens (tertiary/aromatic N) is 2. The molecule has 3 heteroatoms. The van der Waals surface area contributed by atoms with E-state index in [4.69, 9.17) is 5.26 Å². The third-order valence-corrected chi connectivity index (χ3v) is 2.14. The average Bonchev–Trinajstić information content (AvgIpc) is 2.03. The van der Waals surface area contributed by atoms with Crippen LogP contribution in [0, 0.1) is 16.7 Å². The van der Waals surface area contributed by atoms with E-state index in [1.807, 2.05) is 6.92 Å². The highest BCUT2D eigenvalue weighted by molar-refractivity contribution is 4.90. The lowest BCUT2D eigenvalue weighted by atomic mass is 9.92. The van der Waals surface area contributed by atoms with Gasteiger partial charge in [0, 0.05) is 13.1 Å². The summed E-state index contributed by atoms with van der Waals surface area (Å²) in [7, 11) is 4.15. The van der Waals surface area contributed by atoms with Crippen molar-refractivity contribution in [1.29, 1.82) is 5.26 Å². The van der Waals surface area contributed by atoms with Crippen LogP contribution < -0.4 is 5.32 Å². The minimum Gasteiger partial charge on any atom is -0.309 e. The highest BCUT2D eigenvalue weighted by Crippen LogP contribution is 2.14. The van der Waals surface area contributed by atoms with Crippen LogP contribution in [0.3, 0.4) is 0 Å². The molecule has 0 radical (unpaired) electrons. The molecule has 0 spiro atoms. The van der Waals surface area contributed by atoms with Crippen LogP contribution >= 0.6 is 0 Å². The standard InChI is InChI=1S/C11H23N3/c1-6-10(7-12)13-8-11(2,3)9-14(4)5/h10,13H,6,8-9H2,1-5H3. The van der Waals surface area contributed by atoms with Crippen molar-refractivity contribution in [3.8, 4) is 6.07 Å². The van der Waals surface area contributed by atoms with Gasteiger partial charge in [0.2, 0.25) is 0 Å². The molecular formula is C11H23N3. The lowest BCUT2D eigenvalue weighted by Crippen LogP contribution is -2.41. The molecule has 0 saturated carbocycles. The fourth-order valence-electron chi connectivity index (χ4n) is 1.59. The summed E-state index contributed by atoms with van der Waals surface area (Å²) >= 11 is 0. The fourth-order valence-corrected chi connectivity index (χ4v) is 1.59. The van der Waals surface area contributed by atoms with Crippen LogP contribution in [0.15, 0.2) is 0 Å². The molecule has 0 heterocycles. The lowest BCUT2D eigenvalue weighted by molar-refractivity contribution is 0.229. The van der Waals surface area contributed by atoms with Crippen LogP contribution in [-0.2, 0) is 0 Å². The quantitative estimate of drug-likeness (QED) is 0.701. The number of nitrogens with one attached hydrogen (secondary N) is 1. The van der Waals surface area contributed by atoms with Gasteiger partial charge in [-0.1, -0.05) is 20.8 Å². The van der Waals surface area contributed by atoms with E-state index in [2.05, 4.69) is 44.2 Å². The van der Waals surface area contributed by atoms with Gasteiger partial charge in [-0.25, -0.2) is 0 Å². The predicted molar refractivity (Wildman–Crippen MR) is 60.0 cm³/mol. The second kappa shape index (κ2) is 6.00. The second-order valence-corrected chi connectivity index (χ2v) is 4.87. The molecule has 0 aromatic rings. The molecule has 0 saturated heterocycles. The van der Waals surface area contributed by atoms with Crippen molar-refractivity contribution in [2.24, 2.45) is 5.41 Å². The van der Waals surface area contributed by atoms with E-state index in [-0.39, 0.29) is 11.5 Å². The normalized spacial score (nSPS) is 14.1. The van der Waals surface area contributed by atoms with Gasteiger partial charge >= 0.3 is 0 Å². The predicted octanol–water partition coefficient (Wildman–Crippen LogP) is 1.47. The van der Waals surface area contributed by atoms with E-state index in [9.17, 15) is 0 Å². The molecule has 1 atom stereocenters. The van der Waals surface area contributed by atoms with Crippen LogP contribution in [0.1, 0.15) is 27.2 Å². The molecule has 0 aliphatic heterocycles. The Labute approximate surface area is 88.1 Å². The second-order valence-electron chi connectivity index (χ2n) is 4.87. The van der Waals surface area contributed by atoms with Crippen LogP contribution in [0.4, 0.5) is 0 Å². The van der Waals surface area contributed by atoms with Gasteiger partial charge < -0.3 is 10.2 Å². The highest BCUT2D eigenvalue weighted by Gasteiger charge is 2.19. The summed E-state index contributed by atoms with van der Waals surface area (Å²) < 4.78 is 0. The van der Waals surface area contributed by atoms with Crippen molar-refractivity contribution in [2.75, 3.05) is 27.2 Å². The third-order valence-electron chi connectivity index (χ3n) is 2.14. The molecule has 0 aliphatic rings. The molecule has 3 nitrogen and oxygen atoms in total. The lowest BCUT2D eigenvalue weighted by Gasteiger charge is -2.29. The first-order chi connectivity index (χ1) is 6.41. The van der Waals surface area contributed by atoms with Crippen molar-refractivity contribution in [3.05, 3.63) is 0 Å². The minimum absolute atomic E-state index is 0.00330. The Hall–Kier alpha value is -0.590. The van der Waals surface area contributed by atoms with E-state index in [0.29, 0.717) is 0 Å². The molecule has 14 heavy (non-hydrogen) atoms. The van der Waals surface area contributed by atoms with E-state index in [1.54, 1.807) is 0 Å². The number of hydrogen-bond acceptors (Lipinski definition) is 3. The van der Waals surface area contributed by atoms with Gasteiger partial charge in [-0.05, 0) is 25.9 Å². The largest absolute Gasteiger partial charge is 0.309 e. The summed E-state index contributed by atoms with van der Waals surface area (Å²) in [5.41, 5.74) is 0.216. The summed E-state index contributed by atoms with van der Waals surface area (Å²) in [6.45, 7) is 8.37. The van der Waals surface area contributed by atoms with E-state index in [0.717, 1.165) is 19.5 Å². The summed E-state index contributed by atoms with van der Waals surface area (Å²) in [6.07, 6.45) is 0.870. The maximum Gasteiger partial charge on any atom is 0.0950 e. The van der Waals surface area contributed by atoms with Crippen LogP contribution in [0.5, 0.6) is 0 Å². The molecule has 1 unspecified atom stereocenters. The van der Waals surface area contributed by atoms with Gasteiger partial charge in [0.05, 0.1) is 12.1 Å². The fraction of sp³-hybridized carbons (Fsp3) is 0.909. The Morgan fingerprint density at radius 3 is 2.36 bits per heavy atom. The Balaban J connectivity index is 3.92. The zero-order valence-corrected chi connectivity index (χ0v) is 10.1. The third kappa shape index (κ3) is 5.95. The smallest absolute Gasteiger partial charge is 0.0950 e. The van der Waals surface area contributed by atoms with Crippen LogP contribution in [0.25, 0.3) is 0 Å². The molecule has 0 amide bonds. The van der Waals surface area contributed by atoms with Gasteiger partial charge in [0.15, 0.2) is 0 Å². The maximum absolute atomic E-state index is 8.78. The Morgan fingerprint density at radius 2 is 2.00 bits per heavy atom. The molecule has 0 rings (SSSR count). The SMILES string of the molecule is CCC(C#N)NCC(C)(C)CN(C)C. The zero-order chi connectivity index (χ0) is 11.2. The number of rotatable bonds is 6. The van der Waals surface area contributed by atoms with E-state index < -0.39 is 0 Å². The molecule has 82 valence electrons. The van der Waals surface area contributed by atoms with Crippen molar-refractivity contribution in [2.45, 2.75) is 33.2 Å². The van der Waals surface area contributed by atoms with Gasteiger partial charge in [0.1, 0.15) is 0 Å². The van der Waals surface area contributed by atoms with Crippen LogP contribution in [-0.4, -0.2) is 38.1 Å². The van der Waals surface area contributed by atoms with Gasteiger partial charge in [-0.15, -0.1) is 0 Å². The van der Waals surface area contributed by atoms with Crippen LogP contribution in [0.2, 0.25) is 0 Å². The minimum atomic E-state index is -0.00330. The Bertz CT molecular complexity index is 191. The van der Waals surface area contributed by atoms with Gasteiger partial charge in [-0.2, -0.15) is 5.26 Å². The van der Waals surface area contributed by atoms with Crippen molar-refractivity contribution in [3.63, 3.8) is 0 Å². The van der Waals surface area contributed by atoms with Crippen molar-refractivity contribution in [1.82, 2.24) is 10.2 Å². The van der Waals surface area contributed by atoms with Crippen molar-refractivity contribution < 1.29 is 0 Å². The molecule has 0 bridgehead atoms. The molecule has 1 N–H and O–H groups in total. The molecule has 0 aliphatic carbocycles. The maximum atomic E-state index is 8.78. The van der Waals surface area contributed by atoms with Gasteiger partial charge in [0.25, 0.3) is 0 Å². The molecule has 0 aromatic carbocycles. The van der Waals surface area contributed by atoms with E-state index in [1.165, 1.54) is 0 Å². The topological polar surface area (TPSA) is 39.1 Å². The summed E-state index contributed by atoms with van der Waals surface area (Å²) in [5.74, 6) is 0. The molecule has 0 fully saturated rings. The first kappa shape index (κ1) is 13.4. The summed E-state index contributed by atoms with van der Waals surface area (Å²) in [6, 6.07) is 2.25. The first-order valence-corrected chi connectivity index (χ1v) is 5.19. The number of hydrogen-bond donors (Lipinski definition) is 1. The number of nitriles is 1. The Kier molecular flexibility index (Phi) is 5.75. The highest BCUT2D eigenvalue weighted by atomic mass is 15.1. The van der Waals surface area contributed by atoms with E-state index >= 15 is 0 Å². The first-order valence-electron chi connectivity index (χ1n) is 5.19. The molecular weight excluding hydrogens is 174 g/mol. The van der Waals surface area contributed by atoms with Crippen molar-refractivity contribution >= 4 is 0 Å². The average molecular weight is 197 g/mol. The molecule has 0 aromatic heterocycles. The monoisotopic (exact) mass is 197 g/mol. The van der Waals surface area contributed by atoms with Gasteiger partial charge in [-0.3, -0.25) is 0 Å². The summed E-state index contributed by atoms with van der Waals surface area (Å²) in [4.78, 5) is 2.18. The zero-order valence-electron chi connectivity index (χ0n) is 10.1. The Morgan fingerprint density at radius 1 is 1.43 bits per heavy atom.